The van der Waals surface area contributed by atoms with Crippen LogP contribution >= 0.6 is 11.8 Å². The molecule has 0 radical (unpaired) electrons. The maximum absolute atomic E-state index is 12.7. The Morgan fingerprint density at radius 1 is 1.12 bits per heavy atom. The van der Waals surface area contributed by atoms with Crippen LogP contribution in [0.3, 0.4) is 0 Å². The Balaban J connectivity index is 1.56. The zero-order valence-electron chi connectivity index (χ0n) is 18.3. The molecule has 1 heterocycles. The monoisotopic (exact) mass is 454 g/mol. The Morgan fingerprint density at radius 2 is 1.81 bits per heavy atom. The van der Waals surface area contributed by atoms with Gasteiger partial charge in [0, 0.05) is 23.2 Å². The zero-order valence-corrected chi connectivity index (χ0v) is 19.2. The number of Topliss-reactive ketones (excluding diaryl/α,β-unsaturated/α-hetero) is 1. The molecule has 0 aliphatic carbocycles. The lowest BCUT2D eigenvalue weighted by Gasteiger charge is -2.14. The van der Waals surface area contributed by atoms with Crippen LogP contribution in [0, 0.1) is 11.3 Å². The van der Waals surface area contributed by atoms with E-state index in [4.69, 9.17) is 14.9 Å². The summed E-state index contributed by atoms with van der Waals surface area (Å²) in [4.78, 5) is 38.5. The van der Waals surface area contributed by atoms with E-state index in [1.165, 1.54) is 16.7 Å². The van der Waals surface area contributed by atoms with Crippen LogP contribution in [-0.4, -0.2) is 53.6 Å². The number of rotatable bonds is 9. The van der Waals surface area contributed by atoms with Crippen molar-refractivity contribution in [3.8, 4) is 5.75 Å². The van der Waals surface area contributed by atoms with E-state index in [0.29, 0.717) is 35.1 Å². The van der Waals surface area contributed by atoms with Gasteiger partial charge in [0.1, 0.15) is 5.75 Å². The Kier molecular flexibility index (Phi) is 7.69. The molecule has 0 aromatic heterocycles. The number of fused-ring (bicyclic) bond motifs is 1. The van der Waals surface area contributed by atoms with Crippen LogP contribution in [0.15, 0.2) is 42.5 Å². The molecule has 1 N–H and O–H groups in total. The Bertz CT molecular complexity index is 1030. The molecule has 32 heavy (non-hydrogen) atoms. The first-order valence-electron chi connectivity index (χ1n) is 10.2. The lowest BCUT2D eigenvalue weighted by atomic mass is 10.1. The van der Waals surface area contributed by atoms with Crippen molar-refractivity contribution in [2.24, 2.45) is 5.92 Å². The molecule has 7 nitrogen and oxygen atoms in total. The molecule has 3 rings (SSSR count). The van der Waals surface area contributed by atoms with Gasteiger partial charge in [-0.15, -0.1) is 11.8 Å². The van der Waals surface area contributed by atoms with Gasteiger partial charge in [-0.1, -0.05) is 19.9 Å². The van der Waals surface area contributed by atoms with E-state index in [-0.39, 0.29) is 30.8 Å². The van der Waals surface area contributed by atoms with Crippen LogP contribution in [0.2, 0.25) is 0 Å². The molecule has 1 amide bonds. The Hall–Kier alpha value is -3.13. The number of nitrogens with one attached hydrogen (secondary N) is 1. The molecule has 0 unspecified atom stereocenters. The van der Waals surface area contributed by atoms with Gasteiger partial charge in [-0.05, 0) is 54.1 Å². The molecule has 1 aliphatic heterocycles. The maximum Gasteiger partial charge on any atom is 0.344 e. The molecule has 0 bridgehead atoms. The lowest BCUT2D eigenvalue weighted by molar-refractivity contribution is -0.147. The minimum Gasteiger partial charge on any atom is -0.482 e. The summed E-state index contributed by atoms with van der Waals surface area (Å²) in [6, 6.07) is 11.8. The summed E-state index contributed by atoms with van der Waals surface area (Å²) in [5.74, 6) is -0.106. The second-order valence-corrected chi connectivity index (χ2v) is 8.70. The van der Waals surface area contributed by atoms with Crippen molar-refractivity contribution in [1.29, 1.82) is 5.41 Å². The van der Waals surface area contributed by atoms with Crippen molar-refractivity contribution in [2.75, 3.05) is 26.0 Å². The van der Waals surface area contributed by atoms with Gasteiger partial charge in [0.05, 0.1) is 18.2 Å². The number of esters is 1. The van der Waals surface area contributed by atoms with E-state index < -0.39 is 5.97 Å². The molecular weight excluding hydrogens is 428 g/mol. The summed E-state index contributed by atoms with van der Waals surface area (Å²) in [6.07, 6.45) is 1.83. The zero-order chi connectivity index (χ0) is 23.3. The van der Waals surface area contributed by atoms with Crippen molar-refractivity contribution in [3.63, 3.8) is 0 Å². The highest BCUT2D eigenvalue weighted by atomic mass is 32.2. The van der Waals surface area contributed by atoms with Gasteiger partial charge in [0.2, 0.25) is 0 Å². The van der Waals surface area contributed by atoms with E-state index in [0.717, 1.165) is 11.1 Å². The molecule has 0 fully saturated rings. The summed E-state index contributed by atoms with van der Waals surface area (Å²) in [5, 5.41) is 8.39. The quantitative estimate of drug-likeness (QED) is 0.268. The molecule has 168 valence electrons. The highest BCUT2D eigenvalue weighted by Gasteiger charge is 2.29. The van der Waals surface area contributed by atoms with Crippen molar-refractivity contribution in [3.05, 3.63) is 64.7 Å². The number of carbonyl (C=O) groups is 3. The van der Waals surface area contributed by atoms with Gasteiger partial charge in [-0.25, -0.2) is 4.79 Å². The van der Waals surface area contributed by atoms with Crippen LogP contribution in [-0.2, 0) is 16.1 Å². The summed E-state index contributed by atoms with van der Waals surface area (Å²) >= 11 is 1.34. The second kappa shape index (κ2) is 10.5. The van der Waals surface area contributed by atoms with E-state index in [1.807, 2.05) is 26.2 Å². The number of hydrogen-bond donors (Lipinski definition) is 1. The predicted molar refractivity (Wildman–Crippen MR) is 124 cm³/mol. The normalized spacial score (nSPS) is 12.6. The molecule has 0 atom stereocenters. The smallest absolute Gasteiger partial charge is 0.344 e. The van der Waals surface area contributed by atoms with Gasteiger partial charge in [-0.2, -0.15) is 0 Å². The van der Waals surface area contributed by atoms with Crippen LogP contribution in [0.5, 0.6) is 5.75 Å². The van der Waals surface area contributed by atoms with Crippen molar-refractivity contribution in [1.82, 2.24) is 4.90 Å². The summed E-state index contributed by atoms with van der Waals surface area (Å²) in [6.45, 7) is 4.35. The average Bonchev–Trinajstić information content (AvgIpc) is 3.10. The first-order chi connectivity index (χ1) is 15.3. The van der Waals surface area contributed by atoms with Crippen LogP contribution in [0.1, 0.15) is 45.7 Å². The first kappa shape index (κ1) is 23.5. The number of amides is 1. The predicted octanol–water partition coefficient (Wildman–Crippen LogP) is 3.79. The minimum absolute atomic E-state index is 0.0372. The van der Waals surface area contributed by atoms with E-state index in [9.17, 15) is 14.4 Å². The summed E-state index contributed by atoms with van der Waals surface area (Å²) < 4.78 is 10.5. The van der Waals surface area contributed by atoms with Gasteiger partial charge >= 0.3 is 5.97 Å². The number of benzene rings is 2. The second-order valence-electron chi connectivity index (χ2n) is 7.88. The Morgan fingerprint density at radius 3 is 2.47 bits per heavy atom. The topological polar surface area (TPSA) is 96.8 Å². The fourth-order valence-electron chi connectivity index (χ4n) is 3.21. The van der Waals surface area contributed by atoms with Crippen molar-refractivity contribution < 1.29 is 23.9 Å². The number of carbonyl (C=O) groups excluding carboxylic acids is 3. The summed E-state index contributed by atoms with van der Waals surface area (Å²) in [7, 11) is 0. The molecule has 2 aromatic carbocycles. The molecule has 0 saturated carbocycles. The fraction of sp³-hybridized carbons (Fsp3) is 0.333. The molecule has 1 aliphatic rings. The van der Waals surface area contributed by atoms with E-state index in [1.54, 1.807) is 36.4 Å². The third kappa shape index (κ3) is 5.76. The van der Waals surface area contributed by atoms with Gasteiger partial charge in [0.25, 0.3) is 5.91 Å². The Labute approximate surface area is 191 Å². The molecule has 2 aromatic rings. The van der Waals surface area contributed by atoms with Crippen LogP contribution in [0.4, 0.5) is 0 Å². The van der Waals surface area contributed by atoms with E-state index >= 15 is 0 Å². The van der Waals surface area contributed by atoms with E-state index in [2.05, 4.69) is 0 Å². The van der Waals surface area contributed by atoms with Gasteiger partial charge in [-0.3, -0.25) is 15.0 Å². The molecule has 0 spiro atoms. The molecule has 0 saturated heterocycles. The van der Waals surface area contributed by atoms with Gasteiger partial charge in [0.15, 0.2) is 12.4 Å². The fourth-order valence-corrected chi connectivity index (χ4v) is 3.58. The SMILES string of the molecule is CSC(=N)c1ccc2c(c1)CN(CC(=O)c1ccc(OCC(=O)OCC(C)C)cc1)C2=O. The molecular formula is C24H26N2O5S. The minimum atomic E-state index is -0.443. The maximum atomic E-state index is 12.7. The number of nitrogens with zero attached hydrogens (tertiary/aromatic N) is 1. The highest BCUT2D eigenvalue weighted by Crippen LogP contribution is 2.25. The van der Waals surface area contributed by atoms with Crippen molar-refractivity contribution in [2.45, 2.75) is 20.4 Å². The third-order valence-electron chi connectivity index (χ3n) is 4.90. The number of hydrogen-bond acceptors (Lipinski definition) is 7. The first-order valence-corrected chi connectivity index (χ1v) is 11.5. The van der Waals surface area contributed by atoms with Crippen LogP contribution in [0.25, 0.3) is 0 Å². The van der Waals surface area contributed by atoms with Gasteiger partial charge < -0.3 is 14.4 Å². The van der Waals surface area contributed by atoms with Crippen LogP contribution < -0.4 is 4.74 Å². The standard InChI is InChI=1S/C24H26N2O5S/c1-15(2)13-31-22(28)14-30-19-7-4-16(5-8-19)21(27)12-26-11-18-10-17(23(25)32-3)6-9-20(18)24(26)29/h4-10,15,25H,11-14H2,1-3H3. The number of thioether (sulfide) groups is 1. The molecule has 8 heteroatoms. The average molecular weight is 455 g/mol. The highest BCUT2D eigenvalue weighted by molar-refractivity contribution is 8.13. The third-order valence-corrected chi connectivity index (χ3v) is 5.54. The largest absolute Gasteiger partial charge is 0.482 e. The number of ether oxygens (including phenoxy) is 2. The lowest BCUT2D eigenvalue weighted by Crippen LogP contribution is -2.30. The number of ketones is 1. The van der Waals surface area contributed by atoms with Crippen molar-refractivity contribution >= 4 is 34.5 Å². The summed E-state index contributed by atoms with van der Waals surface area (Å²) in [5.41, 5.74) is 2.62.